The van der Waals surface area contributed by atoms with Gasteiger partial charge in [-0.1, -0.05) is 18.2 Å². The summed E-state index contributed by atoms with van der Waals surface area (Å²) in [7, 11) is 0. The Morgan fingerprint density at radius 1 is 1.26 bits per heavy atom. The molecule has 1 amide bonds. The second-order valence-corrected chi connectivity index (χ2v) is 4.43. The maximum absolute atomic E-state index is 12.0. The highest BCUT2D eigenvalue weighted by Crippen LogP contribution is 2.09. The maximum atomic E-state index is 12.0. The molecule has 5 nitrogen and oxygen atoms in total. The van der Waals surface area contributed by atoms with Gasteiger partial charge in [0.25, 0.3) is 5.91 Å². The van der Waals surface area contributed by atoms with Gasteiger partial charge in [-0.15, -0.1) is 0 Å². The fraction of sp³-hybridized carbons (Fsp3) is 0.429. The molecule has 0 bridgehead atoms. The van der Waals surface area contributed by atoms with Gasteiger partial charge in [0.15, 0.2) is 6.61 Å². The molecule has 0 atom stereocenters. The Hall–Kier alpha value is -2.04. The number of hydrogen-bond acceptors (Lipinski definition) is 3. The van der Waals surface area contributed by atoms with Crippen LogP contribution in [0.4, 0.5) is 0 Å². The van der Waals surface area contributed by atoms with Crippen molar-refractivity contribution in [2.75, 3.05) is 13.2 Å². The topological polar surface area (TPSA) is 66.8 Å². The molecule has 0 saturated carbocycles. The van der Waals surface area contributed by atoms with Gasteiger partial charge in [0.2, 0.25) is 0 Å². The third kappa shape index (κ3) is 5.42. The fourth-order valence-electron chi connectivity index (χ4n) is 1.63. The molecule has 19 heavy (non-hydrogen) atoms. The van der Waals surface area contributed by atoms with E-state index in [-0.39, 0.29) is 31.5 Å². The van der Waals surface area contributed by atoms with Crippen LogP contribution in [0.1, 0.15) is 20.3 Å². The number of nitrogens with zero attached hydrogens (tertiary/aromatic N) is 1. The number of carbonyl (C=O) groups excluding carboxylic acids is 1. The Morgan fingerprint density at radius 2 is 1.89 bits per heavy atom. The number of carboxylic acid groups (broad SMARTS) is 1. The summed E-state index contributed by atoms with van der Waals surface area (Å²) in [5.74, 6) is -0.500. The summed E-state index contributed by atoms with van der Waals surface area (Å²) >= 11 is 0. The SMILES string of the molecule is CC(C)N(CCC(=O)O)C(=O)COc1ccccc1. The van der Waals surface area contributed by atoms with Crippen LogP contribution in [0.15, 0.2) is 30.3 Å². The first-order valence-corrected chi connectivity index (χ1v) is 6.20. The van der Waals surface area contributed by atoms with E-state index in [0.717, 1.165) is 0 Å². The molecule has 104 valence electrons. The Kier molecular flexibility index (Phi) is 5.85. The van der Waals surface area contributed by atoms with Crippen molar-refractivity contribution in [3.63, 3.8) is 0 Å². The molecule has 0 aromatic heterocycles. The number of carbonyl (C=O) groups is 2. The van der Waals surface area contributed by atoms with E-state index in [0.29, 0.717) is 5.75 Å². The van der Waals surface area contributed by atoms with Crippen LogP contribution in [-0.4, -0.2) is 41.1 Å². The lowest BCUT2D eigenvalue weighted by Crippen LogP contribution is -2.41. The van der Waals surface area contributed by atoms with Crippen LogP contribution in [0, 0.1) is 0 Å². The quantitative estimate of drug-likeness (QED) is 0.816. The van der Waals surface area contributed by atoms with Crippen molar-refractivity contribution in [3.05, 3.63) is 30.3 Å². The van der Waals surface area contributed by atoms with Gasteiger partial charge in [-0.05, 0) is 26.0 Å². The van der Waals surface area contributed by atoms with E-state index in [4.69, 9.17) is 9.84 Å². The van der Waals surface area contributed by atoms with Crippen LogP contribution < -0.4 is 4.74 Å². The van der Waals surface area contributed by atoms with Crippen molar-refractivity contribution >= 4 is 11.9 Å². The summed E-state index contributed by atoms with van der Waals surface area (Å²) in [6.45, 7) is 3.82. The van der Waals surface area contributed by atoms with Gasteiger partial charge in [-0.3, -0.25) is 9.59 Å². The smallest absolute Gasteiger partial charge is 0.305 e. The molecule has 0 aliphatic rings. The van der Waals surface area contributed by atoms with Gasteiger partial charge in [0.05, 0.1) is 6.42 Å². The van der Waals surface area contributed by atoms with Crippen LogP contribution >= 0.6 is 0 Å². The van der Waals surface area contributed by atoms with Crippen molar-refractivity contribution < 1.29 is 19.4 Å². The zero-order valence-electron chi connectivity index (χ0n) is 11.2. The molecule has 0 saturated heterocycles. The lowest BCUT2D eigenvalue weighted by atomic mass is 10.2. The molecule has 0 aliphatic carbocycles. The second kappa shape index (κ2) is 7.41. The molecule has 1 N–H and O–H groups in total. The minimum atomic E-state index is -0.914. The second-order valence-electron chi connectivity index (χ2n) is 4.43. The molecular formula is C14H19NO4. The molecular weight excluding hydrogens is 246 g/mol. The van der Waals surface area contributed by atoms with Crippen LogP contribution in [0.25, 0.3) is 0 Å². The third-order valence-corrected chi connectivity index (χ3v) is 2.62. The molecule has 0 heterocycles. The summed E-state index contributed by atoms with van der Waals surface area (Å²) in [6.07, 6.45) is -0.0603. The van der Waals surface area contributed by atoms with Gasteiger partial charge in [0, 0.05) is 12.6 Å². The van der Waals surface area contributed by atoms with Crippen molar-refractivity contribution in [1.82, 2.24) is 4.90 Å². The fourth-order valence-corrected chi connectivity index (χ4v) is 1.63. The van der Waals surface area contributed by atoms with E-state index in [1.54, 1.807) is 12.1 Å². The standard InChI is InChI=1S/C14H19NO4/c1-11(2)15(9-8-14(17)18)13(16)10-19-12-6-4-3-5-7-12/h3-7,11H,8-10H2,1-2H3,(H,17,18). The summed E-state index contributed by atoms with van der Waals surface area (Å²) < 4.78 is 5.37. The van der Waals surface area contributed by atoms with Gasteiger partial charge < -0.3 is 14.7 Å². The molecule has 1 aromatic rings. The first-order chi connectivity index (χ1) is 9.00. The lowest BCUT2D eigenvalue weighted by molar-refractivity contribution is -0.139. The number of ether oxygens (including phenoxy) is 1. The van der Waals surface area contributed by atoms with Gasteiger partial charge in [-0.2, -0.15) is 0 Å². The van der Waals surface area contributed by atoms with E-state index >= 15 is 0 Å². The molecule has 0 unspecified atom stereocenters. The highest BCUT2D eigenvalue weighted by atomic mass is 16.5. The number of amides is 1. The zero-order valence-corrected chi connectivity index (χ0v) is 11.2. The van der Waals surface area contributed by atoms with Crippen LogP contribution in [0.5, 0.6) is 5.75 Å². The highest BCUT2D eigenvalue weighted by Gasteiger charge is 2.18. The predicted molar refractivity (Wildman–Crippen MR) is 71.0 cm³/mol. The van der Waals surface area contributed by atoms with Crippen molar-refractivity contribution in [1.29, 1.82) is 0 Å². The minimum Gasteiger partial charge on any atom is -0.484 e. The number of rotatable bonds is 7. The molecule has 1 aromatic carbocycles. The van der Waals surface area contributed by atoms with Crippen LogP contribution in [0.3, 0.4) is 0 Å². The first kappa shape index (κ1) is 15.0. The van der Waals surface area contributed by atoms with E-state index < -0.39 is 5.97 Å². The number of hydrogen-bond donors (Lipinski definition) is 1. The summed E-state index contributed by atoms with van der Waals surface area (Å²) in [6, 6.07) is 9.00. The Morgan fingerprint density at radius 3 is 2.42 bits per heavy atom. The van der Waals surface area contributed by atoms with Crippen molar-refractivity contribution in [3.8, 4) is 5.75 Å². The number of para-hydroxylation sites is 1. The molecule has 0 aliphatic heterocycles. The summed E-state index contributed by atoms with van der Waals surface area (Å²) in [4.78, 5) is 24.0. The number of carboxylic acids is 1. The van der Waals surface area contributed by atoms with Crippen LogP contribution in [0.2, 0.25) is 0 Å². The summed E-state index contributed by atoms with van der Waals surface area (Å²) in [5, 5.41) is 8.66. The molecule has 5 heteroatoms. The lowest BCUT2D eigenvalue weighted by Gasteiger charge is -2.26. The van der Waals surface area contributed by atoms with Crippen molar-refractivity contribution in [2.45, 2.75) is 26.3 Å². The van der Waals surface area contributed by atoms with Crippen LogP contribution in [-0.2, 0) is 9.59 Å². The van der Waals surface area contributed by atoms with E-state index in [2.05, 4.69) is 0 Å². The largest absolute Gasteiger partial charge is 0.484 e. The number of benzene rings is 1. The third-order valence-electron chi connectivity index (χ3n) is 2.62. The van der Waals surface area contributed by atoms with E-state index in [1.165, 1.54) is 4.90 Å². The highest BCUT2D eigenvalue weighted by molar-refractivity contribution is 5.78. The Bertz CT molecular complexity index is 417. The summed E-state index contributed by atoms with van der Waals surface area (Å²) in [5.41, 5.74) is 0. The molecule has 0 fully saturated rings. The molecule has 0 radical (unpaired) electrons. The van der Waals surface area contributed by atoms with Gasteiger partial charge in [0.1, 0.15) is 5.75 Å². The predicted octanol–water partition coefficient (Wildman–Crippen LogP) is 1.78. The maximum Gasteiger partial charge on any atom is 0.305 e. The van der Waals surface area contributed by atoms with E-state index in [1.807, 2.05) is 32.0 Å². The Balaban J connectivity index is 2.50. The zero-order chi connectivity index (χ0) is 14.3. The van der Waals surface area contributed by atoms with Crippen molar-refractivity contribution in [2.24, 2.45) is 0 Å². The monoisotopic (exact) mass is 265 g/mol. The van der Waals surface area contributed by atoms with Gasteiger partial charge >= 0.3 is 5.97 Å². The number of aliphatic carboxylic acids is 1. The van der Waals surface area contributed by atoms with E-state index in [9.17, 15) is 9.59 Å². The first-order valence-electron chi connectivity index (χ1n) is 6.20. The molecule has 1 rings (SSSR count). The molecule has 0 spiro atoms. The average molecular weight is 265 g/mol. The van der Waals surface area contributed by atoms with Gasteiger partial charge in [-0.25, -0.2) is 0 Å². The Labute approximate surface area is 112 Å². The minimum absolute atomic E-state index is 0.0498. The normalized spacial score (nSPS) is 10.3. The average Bonchev–Trinajstić information content (AvgIpc) is 2.37.